The molecule has 2 fully saturated rings. The average molecular weight is 347 g/mol. The molecular weight excluding hydrogens is 318 g/mol. The van der Waals surface area contributed by atoms with Crippen LogP contribution in [-0.2, 0) is 4.79 Å². The molecule has 3 heterocycles. The molecule has 0 unspecified atom stereocenters. The minimum Gasteiger partial charge on any atom is -0.361 e. The predicted octanol–water partition coefficient (Wildman–Crippen LogP) is 2.87. The lowest BCUT2D eigenvalue weighted by atomic mass is 9.73. The Morgan fingerprint density at radius 2 is 2.16 bits per heavy atom. The van der Waals surface area contributed by atoms with Gasteiger partial charge >= 0.3 is 0 Å². The molecule has 25 heavy (non-hydrogen) atoms. The van der Waals surface area contributed by atoms with Gasteiger partial charge in [0.25, 0.3) is 5.91 Å². The van der Waals surface area contributed by atoms with Crippen molar-refractivity contribution < 1.29 is 14.1 Å². The van der Waals surface area contributed by atoms with E-state index in [0.29, 0.717) is 30.3 Å². The summed E-state index contributed by atoms with van der Waals surface area (Å²) in [7, 11) is 0. The van der Waals surface area contributed by atoms with Gasteiger partial charge in [0.15, 0.2) is 5.69 Å². The third-order valence-electron chi connectivity index (χ3n) is 5.52. The van der Waals surface area contributed by atoms with E-state index in [9.17, 15) is 9.59 Å². The number of likely N-dealkylation sites (tertiary alicyclic amines) is 2. The number of carbonyl (C=O) groups excluding carboxylic acids is 2. The van der Waals surface area contributed by atoms with Crippen LogP contribution in [0.3, 0.4) is 0 Å². The fourth-order valence-electron chi connectivity index (χ4n) is 4.06. The molecule has 2 aliphatic heterocycles. The van der Waals surface area contributed by atoms with E-state index in [4.69, 9.17) is 4.52 Å². The maximum absolute atomic E-state index is 12.7. The van der Waals surface area contributed by atoms with Crippen molar-refractivity contribution in [1.82, 2.24) is 15.0 Å². The van der Waals surface area contributed by atoms with E-state index in [1.807, 2.05) is 9.80 Å². The lowest BCUT2D eigenvalue weighted by Gasteiger charge is -2.48. The maximum Gasteiger partial charge on any atom is 0.276 e. The summed E-state index contributed by atoms with van der Waals surface area (Å²) in [6.45, 7) is 9.24. The fourth-order valence-corrected chi connectivity index (χ4v) is 4.06. The van der Waals surface area contributed by atoms with Crippen LogP contribution < -0.4 is 0 Å². The molecule has 1 aromatic heterocycles. The summed E-state index contributed by atoms with van der Waals surface area (Å²) < 4.78 is 5.05. The molecule has 2 saturated heterocycles. The molecule has 0 saturated carbocycles. The lowest BCUT2D eigenvalue weighted by molar-refractivity contribution is -0.139. The van der Waals surface area contributed by atoms with E-state index in [1.54, 1.807) is 13.0 Å². The van der Waals surface area contributed by atoms with Crippen LogP contribution in [0.25, 0.3) is 0 Å². The largest absolute Gasteiger partial charge is 0.361 e. The molecule has 1 aromatic rings. The number of nitrogens with zero attached hydrogens (tertiary/aromatic N) is 3. The Morgan fingerprint density at radius 3 is 2.84 bits per heavy atom. The van der Waals surface area contributed by atoms with Crippen LogP contribution in [0.5, 0.6) is 0 Å². The van der Waals surface area contributed by atoms with E-state index in [-0.39, 0.29) is 17.2 Å². The first-order valence-corrected chi connectivity index (χ1v) is 9.39. The van der Waals surface area contributed by atoms with Gasteiger partial charge in [0.2, 0.25) is 5.91 Å². The molecule has 0 bridgehead atoms. The zero-order valence-electron chi connectivity index (χ0n) is 15.6. The highest BCUT2D eigenvalue weighted by molar-refractivity contribution is 5.92. The van der Waals surface area contributed by atoms with Gasteiger partial charge in [0.1, 0.15) is 5.76 Å². The van der Waals surface area contributed by atoms with Crippen molar-refractivity contribution in [1.29, 1.82) is 0 Å². The molecule has 0 radical (unpaired) electrons. The molecule has 3 rings (SSSR count). The van der Waals surface area contributed by atoms with Gasteiger partial charge < -0.3 is 14.3 Å². The highest BCUT2D eigenvalue weighted by atomic mass is 16.5. The second-order valence-electron chi connectivity index (χ2n) is 8.15. The molecular formula is C19H29N3O3. The van der Waals surface area contributed by atoms with Crippen LogP contribution in [0.15, 0.2) is 10.6 Å². The van der Waals surface area contributed by atoms with Crippen molar-refractivity contribution in [3.63, 3.8) is 0 Å². The quantitative estimate of drug-likeness (QED) is 0.840. The molecule has 1 spiro atoms. The van der Waals surface area contributed by atoms with Gasteiger partial charge in [-0.1, -0.05) is 19.0 Å². The molecule has 2 amide bonds. The first kappa shape index (κ1) is 18.0. The first-order chi connectivity index (χ1) is 11.9. The van der Waals surface area contributed by atoms with Crippen LogP contribution >= 0.6 is 0 Å². The molecule has 138 valence electrons. The first-order valence-electron chi connectivity index (χ1n) is 9.39. The van der Waals surface area contributed by atoms with Gasteiger partial charge in [0.05, 0.1) is 0 Å². The van der Waals surface area contributed by atoms with Gasteiger partial charge in [-0.15, -0.1) is 0 Å². The monoisotopic (exact) mass is 347 g/mol. The topological polar surface area (TPSA) is 66.7 Å². The zero-order chi connectivity index (χ0) is 18.0. The third kappa shape index (κ3) is 4.05. The Bertz CT molecular complexity index is 640. The van der Waals surface area contributed by atoms with Crippen LogP contribution in [0, 0.1) is 18.3 Å². The minimum absolute atomic E-state index is 0.0393. The van der Waals surface area contributed by atoms with Crippen LogP contribution in [0.4, 0.5) is 0 Å². The highest BCUT2D eigenvalue weighted by Crippen LogP contribution is 2.39. The second-order valence-corrected chi connectivity index (χ2v) is 8.15. The molecule has 2 aliphatic rings. The second kappa shape index (κ2) is 7.18. The van der Waals surface area contributed by atoms with E-state index in [2.05, 4.69) is 19.0 Å². The Hall–Kier alpha value is -1.85. The van der Waals surface area contributed by atoms with Gasteiger partial charge in [-0.25, -0.2) is 0 Å². The van der Waals surface area contributed by atoms with Crippen LogP contribution in [0.1, 0.15) is 62.2 Å². The third-order valence-corrected chi connectivity index (χ3v) is 5.52. The fraction of sp³-hybridized carbons (Fsp3) is 0.737. The number of hydrogen-bond acceptors (Lipinski definition) is 4. The molecule has 0 aliphatic carbocycles. The van der Waals surface area contributed by atoms with E-state index >= 15 is 0 Å². The number of aromatic nitrogens is 1. The van der Waals surface area contributed by atoms with Crippen molar-refractivity contribution in [2.24, 2.45) is 11.3 Å². The van der Waals surface area contributed by atoms with Gasteiger partial charge in [-0.3, -0.25) is 9.59 Å². The number of aryl methyl sites for hydroxylation is 1. The van der Waals surface area contributed by atoms with Gasteiger partial charge in [0, 0.05) is 44.1 Å². The Balaban J connectivity index is 1.68. The lowest BCUT2D eigenvalue weighted by Crippen LogP contribution is -2.55. The molecule has 1 atom stereocenters. The van der Waals surface area contributed by atoms with Crippen molar-refractivity contribution in [3.05, 3.63) is 17.5 Å². The maximum atomic E-state index is 12.7. The Kier molecular flexibility index (Phi) is 5.16. The van der Waals surface area contributed by atoms with Gasteiger partial charge in [-0.2, -0.15) is 0 Å². The average Bonchev–Trinajstić information content (AvgIpc) is 3.02. The highest BCUT2D eigenvalue weighted by Gasteiger charge is 2.43. The Morgan fingerprint density at radius 1 is 1.36 bits per heavy atom. The summed E-state index contributed by atoms with van der Waals surface area (Å²) >= 11 is 0. The van der Waals surface area contributed by atoms with Crippen molar-refractivity contribution in [2.75, 3.05) is 26.2 Å². The van der Waals surface area contributed by atoms with Crippen molar-refractivity contribution in [3.8, 4) is 0 Å². The minimum atomic E-state index is -0.0541. The molecule has 0 aromatic carbocycles. The van der Waals surface area contributed by atoms with E-state index in [0.717, 1.165) is 45.3 Å². The normalized spacial score (nSPS) is 24.4. The number of piperidine rings is 2. The number of rotatable bonds is 4. The van der Waals surface area contributed by atoms with E-state index in [1.165, 1.54) is 0 Å². The summed E-state index contributed by atoms with van der Waals surface area (Å²) in [5, 5.41) is 3.87. The summed E-state index contributed by atoms with van der Waals surface area (Å²) in [5.74, 6) is 1.45. The smallest absolute Gasteiger partial charge is 0.276 e. The van der Waals surface area contributed by atoms with Gasteiger partial charge in [-0.05, 0) is 38.5 Å². The summed E-state index contributed by atoms with van der Waals surface area (Å²) in [6.07, 6.45) is 4.58. The van der Waals surface area contributed by atoms with E-state index < -0.39 is 0 Å². The summed E-state index contributed by atoms with van der Waals surface area (Å²) in [5.41, 5.74) is 0.426. The summed E-state index contributed by atoms with van der Waals surface area (Å²) in [6, 6.07) is 1.70. The number of carbonyl (C=O) groups is 2. The predicted molar refractivity (Wildman–Crippen MR) is 94.1 cm³/mol. The molecule has 6 heteroatoms. The van der Waals surface area contributed by atoms with Crippen LogP contribution in [-0.4, -0.2) is 52.9 Å². The Labute approximate surface area is 149 Å². The number of amides is 2. The zero-order valence-corrected chi connectivity index (χ0v) is 15.6. The van der Waals surface area contributed by atoms with Crippen LogP contribution in [0.2, 0.25) is 0 Å². The number of hydrogen-bond donors (Lipinski definition) is 0. The molecule has 0 N–H and O–H groups in total. The molecule has 6 nitrogen and oxygen atoms in total. The standard InChI is InChI=1S/C19H29N3O3/c1-14(2)6-10-21-12-19(8-5-17(21)23)7-4-9-22(13-19)18(24)16-11-15(3)25-20-16/h11,14H,4-10,12-13H2,1-3H3/t19-/m0/s1. The summed E-state index contributed by atoms with van der Waals surface area (Å²) in [4.78, 5) is 28.9. The SMILES string of the molecule is Cc1cc(C(=O)N2CCC[C@@]3(CCC(=O)N(CCC(C)C)C3)C2)no1. The van der Waals surface area contributed by atoms with Crippen molar-refractivity contribution in [2.45, 2.75) is 52.9 Å². The van der Waals surface area contributed by atoms with Crippen molar-refractivity contribution >= 4 is 11.8 Å².